The van der Waals surface area contributed by atoms with Crippen molar-refractivity contribution in [3.63, 3.8) is 0 Å². The van der Waals surface area contributed by atoms with Gasteiger partial charge in [-0.3, -0.25) is 0 Å². The van der Waals surface area contributed by atoms with Crippen LogP contribution in [0, 0.1) is 0 Å². The summed E-state index contributed by atoms with van der Waals surface area (Å²) in [4.78, 5) is 0. The molecule has 0 saturated carbocycles. The summed E-state index contributed by atoms with van der Waals surface area (Å²) in [7, 11) is 3.21. The molecular formula is C16H17BrO4. The van der Waals surface area contributed by atoms with Crippen molar-refractivity contribution in [1.29, 1.82) is 0 Å². The first-order valence-corrected chi connectivity index (χ1v) is 7.20. The first kappa shape index (κ1) is 15.7. The first-order valence-electron chi connectivity index (χ1n) is 6.41. The molecule has 2 aromatic carbocycles. The molecule has 0 fully saturated rings. The molecule has 0 radical (unpaired) electrons. The third-order valence-electron chi connectivity index (χ3n) is 3.07. The molecule has 0 spiro atoms. The van der Waals surface area contributed by atoms with Gasteiger partial charge in [-0.05, 0) is 36.4 Å². The van der Waals surface area contributed by atoms with Crippen molar-refractivity contribution in [3.05, 3.63) is 52.0 Å². The zero-order valence-electron chi connectivity index (χ0n) is 11.9. The van der Waals surface area contributed by atoms with E-state index in [0.29, 0.717) is 23.7 Å². The molecule has 0 unspecified atom stereocenters. The molecule has 0 aromatic heterocycles. The topological polar surface area (TPSA) is 47.9 Å². The average Bonchev–Trinajstić information content (AvgIpc) is 2.54. The van der Waals surface area contributed by atoms with Gasteiger partial charge in [-0.25, -0.2) is 0 Å². The third kappa shape index (κ3) is 3.89. The summed E-state index contributed by atoms with van der Waals surface area (Å²) < 4.78 is 17.1. The van der Waals surface area contributed by atoms with Crippen molar-refractivity contribution in [2.45, 2.75) is 13.2 Å². The van der Waals surface area contributed by atoms with Gasteiger partial charge in [0.15, 0.2) is 0 Å². The zero-order valence-corrected chi connectivity index (χ0v) is 13.5. The Labute approximate surface area is 132 Å². The fourth-order valence-corrected chi connectivity index (χ4v) is 2.25. The molecule has 21 heavy (non-hydrogen) atoms. The molecule has 2 aromatic rings. The summed E-state index contributed by atoms with van der Waals surface area (Å²) in [6, 6.07) is 11.0. The van der Waals surface area contributed by atoms with Crippen LogP contribution in [0.2, 0.25) is 0 Å². The Balaban J connectivity index is 2.16. The van der Waals surface area contributed by atoms with Crippen molar-refractivity contribution in [3.8, 4) is 17.2 Å². The maximum atomic E-state index is 9.41. The molecule has 0 aliphatic heterocycles. The van der Waals surface area contributed by atoms with E-state index in [4.69, 9.17) is 14.2 Å². The number of hydrogen-bond donors (Lipinski definition) is 1. The molecule has 0 saturated heterocycles. The highest BCUT2D eigenvalue weighted by atomic mass is 79.9. The van der Waals surface area contributed by atoms with E-state index < -0.39 is 0 Å². The Morgan fingerprint density at radius 3 is 2.19 bits per heavy atom. The molecule has 5 heteroatoms. The summed E-state index contributed by atoms with van der Waals surface area (Å²) in [5.41, 5.74) is 1.66. The molecule has 4 nitrogen and oxygen atoms in total. The van der Waals surface area contributed by atoms with Gasteiger partial charge in [0.1, 0.15) is 23.9 Å². The number of aliphatic hydroxyl groups excluding tert-OH is 1. The van der Waals surface area contributed by atoms with E-state index in [1.54, 1.807) is 32.4 Å². The fraction of sp³-hybridized carbons (Fsp3) is 0.250. The summed E-state index contributed by atoms with van der Waals surface area (Å²) in [6.45, 7) is 0.267. The van der Waals surface area contributed by atoms with Gasteiger partial charge in [-0.2, -0.15) is 0 Å². The largest absolute Gasteiger partial charge is 0.497 e. The van der Waals surface area contributed by atoms with Crippen LogP contribution in [0.15, 0.2) is 40.9 Å². The van der Waals surface area contributed by atoms with Crippen molar-refractivity contribution in [2.75, 3.05) is 14.2 Å². The monoisotopic (exact) mass is 352 g/mol. The van der Waals surface area contributed by atoms with E-state index in [1.165, 1.54) is 0 Å². The fourth-order valence-electron chi connectivity index (χ4n) is 1.89. The summed E-state index contributed by atoms with van der Waals surface area (Å²) in [5, 5.41) is 9.41. The number of halogens is 1. The molecule has 1 N–H and O–H groups in total. The van der Waals surface area contributed by atoms with Crippen LogP contribution in [0.3, 0.4) is 0 Å². The van der Waals surface area contributed by atoms with Crippen LogP contribution in [0.4, 0.5) is 0 Å². The van der Waals surface area contributed by atoms with Gasteiger partial charge in [0.25, 0.3) is 0 Å². The summed E-state index contributed by atoms with van der Waals surface area (Å²) in [6.07, 6.45) is 0. The van der Waals surface area contributed by atoms with Crippen LogP contribution in [-0.4, -0.2) is 19.3 Å². The third-order valence-corrected chi connectivity index (χ3v) is 3.85. The van der Waals surface area contributed by atoms with Crippen LogP contribution < -0.4 is 14.2 Å². The van der Waals surface area contributed by atoms with E-state index in [9.17, 15) is 5.11 Å². The number of methoxy groups -OCH3 is 2. The van der Waals surface area contributed by atoms with Crippen molar-refractivity contribution in [1.82, 2.24) is 0 Å². The second-order valence-corrected chi connectivity index (χ2v) is 5.23. The lowest BCUT2D eigenvalue weighted by atomic mass is 10.2. The first-order chi connectivity index (χ1) is 10.2. The minimum Gasteiger partial charge on any atom is -0.497 e. The van der Waals surface area contributed by atoms with Gasteiger partial charge in [-0.1, -0.05) is 15.9 Å². The Hall–Kier alpha value is -1.72. The minimum atomic E-state index is -0.105. The molecule has 0 heterocycles. The van der Waals surface area contributed by atoms with Gasteiger partial charge in [0.2, 0.25) is 0 Å². The zero-order chi connectivity index (χ0) is 15.2. The van der Waals surface area contributed by atoms with Gasteiger partial charge >= 0.3 is 0 Å². The van der Waals surface area contributed by atoms with Gasteiger partial charge < -0.3 is 19.3 Å². The Morgan fingerprint density at radius 1 is 0.952 bits per heavy atom. The van der Waals surface area contributed by atoms with Crippen LogP contribution in [0.25, 0.3) is 0 Å². The Bertz CT molecular complexity index is 613. The number of benzene rings is 2. The summed E-state index contributed by atoms with van der Waals surface area (Å²) >= 11 is 3.49. The lowest BCUT2D eigenvalue weighted by Crippen LogP contribution is -2.00. The minimum absolute atomic E-state index is 0.105. The molecular weight excluding hydrogens is 336 g/mol. The van der Waals surface area contributed by atoms with Gasteiger partial charge in [0, 0.05) is 15.6 Å². The normalized spacial score (nSPS) is 10.3. The standard InChI is InChI=1S/C16H17BrO4/c1-19-13-3-5-15(17)12(8-13)10-21-16-6-4-14(20-2)7-11(16)9-18/h3-8,18H,9-10H2,1-2H3. The highest BCUT2D eigenvalue weighted by Crippen LogP contribution is 2.27. The van der Waals surface area contributed by atoms with Gasteiger partial charge in [0.05, 0.1) is 20.8 Å². The second-order valence-electron chi connectivity index (χ2n) is 4.38. The molecule has 2 rings (SSSR count). The number of ether oxygens (including phenoxy) is 3. The van der Waals surface area contributed by atoms with Crippen molar-refractivity contribution >= 4 is 15.9 Å². The van der Waals surface area contributed by atoms with Crippen LogP contribution in [0.5, 0.6) is 17.2 Å². The summed E-state index contributed by atoms with van der Waals surface area (Å²) in [5.74, 6) is 2.09. The molecule has 0 atom stereocenters. The van der Waals surface area contributed by atoms with Crippen LogP contribution in [-0.2, 0) is 13.2 Å². The number of rotatable bonds is 6. The average molecular weight is 353 g/mol. The van der Waals surface area contributed by atoms with Crippen molar-refractivity contribution in [2.24, 2.45) is 0 Å². The predicted octanol–water partition coefficient (Wildman–Crippen LogP) is 3.54. The molecule has 0 aliphatic rings. The maximum absolute atomic E-state index is 9.41. The van der Waals surface area contributed by atoms with E-state index in [0.717, 1.165) is 15.8 Å². The van der Waals surface area contributed by atoms with Gasteiger partial charge in [-0.15, -0.1) is 0 Å². The number of hydrogen-bond acceptors (Lipinski definition) is 4. The molecule has 112 valence electrons. The Kier molecular flexibility index (Phi) is 5.47. The maximum Gasteiger partial charge on any atom is 0.125 e. The van der Waals surface area contributed by atoms with Crippen LogP contribution in [0.1, 0.15) is 11.1 Å². The molecule has 0 amide bonds. The highest BCUT2D eigenvalue weighted by molar-refractivity contribution is 9.10. The van der Waals surface area contributed by atoms with E-state index in [1.807, 2.05) is 18.2 Å². The lowest BCUT2D eigenvalue weighted by Gasteiger charge is -2.13. The molecule has 0 bridgehead atoms. The number of aliphatic hydroxyl groups is 1. The highest BCUT2D eigenvalue weighted by Gasteiger charge is 2.08. The predicted molar refractivity (Wildman–Crippen MR) is 83.9 cm³/mol. The second kappa shape index (κ2) is 7.33. The van der Waals surface area contributed by atoms with E-state index >= 15 is 0 Å². The smallest absolute Gasteiger partial charge is 0.125 e. The lowest BCUT2D eigenvalue weighted by molar-refractivity contribution is 0.257. The van der Waals surface area contributed by atoms with E-state index in [2.05, 4.69) is 15.9 Å². The quantitative estimate of drug-likeness (QED) is 0.863. The molecule has 0 aliphatic carbocycles. The Morgan fingerprint density at radius 2 is 1.57 bits per heavy atom. The SMILES string of the molecule is COc1ccc(Br)c(COc2ccc(OC)cc2CO)c1. The van der Waals surface area contributed by atoms with Crippen LogP contribution >= 0.6 is 15.9 Å². The van der Waals surface area contributed by atoms with Crippen molar-refractivity contribution < 1.29 is 19.3 Å². The van der Waals surface area contributed by atoms with E-state index in [-0.39, 0.29) is 6.61 Å².